The average molecular weight is 648 g/mol. The van der Waals surface area contributed by atoms with Gasteiger partial charge in [0.2, 0.25) is 0 Å². The van der Waals surface area contributed by atoms with E-state index < -0.39 is 14.0 Å². The number of rotatable bonds is 9. The number of nitrogens with zero attached hydrogens (tertiary/aromatic N) is 6. The maximum Gasteiger partial charge on any atom is 0.359 e. The third kappa shape index (κ3) is 6.02. The second-order valence-electron chi connectivity index (χ2n) is 10.4. The molecule has 0 amide bonds. The largest absolute Gasteiger partial charge is 0.461 e. The molecule has 0 atom stereocenters. The predicted molar refractivity (Wildman–Crippen MR) is 162 cm³/mol. The zero-order valence-electron chi connectivity index (χ0n) is 22.7. The summed E-state index contributed by atoms with van der Waals surface area (Å²) in [7, 11) is -1.17. The zero-order chi connectivity index (χ0) is 27.7. The predicted octanol–water partition coefficient (Wildman–Crippen LogP) is 6.44. The number of fused-ring (bicyclic) bond motifs is 2. The molecule has 13 heteroatoms. The molecule has 39 heavy (non-hydrogen) atoms. The lowest BCUT2D eigenvalue weighted by Gasteiger charge is -2.15. The lowest BCUT2D eigenvalue weighted by atomic mass is 10.1. The van der Waals surface area contributed by atoms with Crippen LogP contribution in [0.4, 0.5) is 16.8 Å². The summed E-state index contributed by atoms with van der Waals surface area (Å²) in [5, 5.41) is 9.77. The summed E-state index contributed by atoms with van der Waals surface area (Å²) in [4.78, 5) is 24.6. The molecule has 1 aliphatic heterocycles. The number of carbonyl (C=O) groups is 1. The van der Waals surface area contributed by atoms with Crippen molar-refractivity contribution in [2.45, 2.75) is 52.7 Å². The van der Waals surface area contributed by atoms with Crippen LogP contribution in [0.2, 0.25) is 25.7 Å². The first kappa shape index (κ1) is 28.1. The van der Waals surface area contributed by atoms with Crippen molar-refractivity contribution >= 4 is 79.6 Å². The highest BCUT2D eigenvalue weighted by atomic mass is 79.9. The van der Waals surface area contributed by atoms with Crippen LogP contribution >= 0.6 is 38.6 Å². The highest BCUT2D eigenvalue weighted by molar-refractivity contribution is 9.11. The Morgan fingerprint density at radius 2 is 2.00 bits per heavy atom. The van der Waals surface area contributed by atoms with Crippen molar-refractivity contribution in [2.75, 3.05) is 24.7 Å². The van der Waals surface area contributed by atoms with Gasteiger partial charge in [-0.05, 0) is 54.4 Å². The smallest absolute Gasteiger partial charge is 0.359 e. The van der Waals surface area contributed by atoms with Crippen LogP contribution in [-0.2, 0) is 22.6 Å². The Hall–Kier alpha value is -2.45. The monoisotopic (exact) mass is 646 g/mol. The zero-order valence-corrected chi connectivity index (χ0v) is 26.9. The minimum atomic E-state index is -1.17. The van der Waals surface area contributed by atoms with Crippen LogP contribution in [0, 0.1) is 6.92 Å². The Balaban J connectivity index is 1.46. The first-order chi connectivity index (χ1) is 18.7. The third-order valence-corrected chi connectivity index (χ3v) is 10.9. The molecule has 1 aromatic carbocycles. The van der Waals surface area contributed by atoms with E-state index in [1.54, 1.807) is 18.3 Å². The van der Waals surface area contributed by atoms with Gasteiger partial charge in [-0.25, -0.2) is 9.78 Å². The Bertz CT molecular complexity index is 1590. The van der Waals surface area contributed by atoms with E-state index in [9.17, 15) is 4.79 Å². The molecular formula is C26H31BrN6O3S2Si. The van der Waals surface area contributed by atoms with Crippen LogP contribution in [0.1, 0.15) is 28.5 Å². The van der Waals surface area contributed by atoms with Gasteiger partial charge in [0.15, 0.2) is 27.3 Å². The molecule has 0 spiro atoms. The van der Waals surface area contributed by atoms with E-state index >= 15 is 0 Å². The van der Waals surface area contributed by atoms with Crippen LogP contribution in [-0.4, -0.2) is 53.6 Å². The summed E-state index contributed by atoms with van der Waals surface area (Å²) in [6, 6.07) is 9.40. The fraction of sp³-hybridized carbons (Fsp3) is 0.423. The van der Waals surface area contributed by atoms with Gasteiger partial charge in [0, 0.05) is 32.4 Å². The molecule has 9 nitrogen and oxygen atoms in total. The summed E-state index contributed by atoms with van der Waals surface area (Å²) in [5.74, 6) is 0.913. The molecule has 0 unspecified atom stereocenters. The summed E-state index contributed by atoms with van der Waals surface area (Å²) < 4.78 is 15.2. The number of hydrogen-bond acceptors (Lipinski definition) is 10. The molecule has 0 saturated carbocycles. The first-order valence-electron chi connectivity index (χ1n) is 12.8. The maximum absolute atomic E-state index is 12.3. The molecule has 4 heterocycles. The number of hydrogen-bond donors (Lipinski definition) is 0. The fourth-order valence-electron chi connectivity index (χ4n) is 4.26. The summed E-state index contributed by atoms with van der Waals surface area (Å²) in [6.45, 7) is 13.1. The number of esters is 1. The van der Waals surface area contributed by atoms with E-state index in [1.807, 2.05) is 24.0 Å². The van der Waals surface area contributed by atoms with Gasteiger partial charge in [-0.1, -0.05) is 54.4 Å². The van der Waals surface area contributed by atoms with Gasteiger partial charge in [0.1, 0.15) is 10.5 Å². The summed E-state index contributed by atoms with van der Waals surface area (Å²) >= 11 is 6.46. The van der Waals surface area contributed by atoms with Crippen LogP contribution < -0.4 is 9.70 Å². The van der Waals surface area contributed by atoms with Crippen LogP contribution in [0.3, 0.4) is 0 Å². The minimum Gasteiger partial charge on any atom is -0.461 e. The van der Waals surface area contributed by atoms with E-state index in [0.29, 0.717) is 34.6 Å². The van der Waals surface area contributed by atoms with Crippen molar-refractivity contribution in [3.05, 3.63) is 49.7 Å². The first-order valence-corrected chi connectivity index (χ1v) is 19.0. The molecule has 4 aromatic rings. The SMILES string of the molecule is CCOC(=O)c1nc(N2CCc3c2nnc(N=c2sc4ccccc4n2COCC[Si](C)(C)C)c3C)sc1Br. The molecular weight excluding hydrogens is 616 g/mol. The number of anilines is 2. The molecule has 0 radical (unpaired) electrons. The van der Waals surface area contributed by atoms with E-state index in [0.717, 1.165) is 51.0 Å². The van der Waals surface area contributed by atoms with Crippen molar-refractivity contribution in [3.63, 3.8) is 0 Å². The molecule has 0 bridgehead atoms. The van der Waals surface area contributed by atoms with E-state index in [1.165, 1.54) is 11.3 Å². The quantitative estimate of drug-likeness (QED) is 0.117. The molecule has 5 rings (SSSR count). The van der Waals surface area contributed by atoms with Gasteiger partial charge in [0.05, 0.1) is 16.8 Å². The lowest BCUT2D eigenvalue weighted by molar-refractivity contribution is 0.0519. The van der Waals surface area contributed by atoms with Crippen molar-refractivity contribution < 1.29 is 14.3 Å². The van der Waals surface area contributed by atoms with Crippen LogP contribution in [0.5, 0.6) is 0 Å². The Morgan fingerprint density at radius 1 is 1.21 bits per heavy atom. The van der Waals surface area contributed by atoms with Crippen molar-refractivity contribution in [2.24, 2.45) is 4.99 Å². The van der Waals surface area contributed by atoms with Crippen LogP contribution in [0.25, 0.3) is 10.2 Å². The lowest BCUT2D eigenvalue weighted by Crippen LogP contribution is -2.23. The van der Waals surface area contributed by atoms with E-state index in [4.69, 9.17) is 14.5 Å². The Labute approximate surface area is 244 Å². The molecule has 0 fully saturated rings. The number of thiazole rings is 2. The van der Waals surface area contributed by atoms with Crippen molar-refractivity contribution in [1.29, 1.82) is 0 Å². The van der Waals surface area contributed by atoms with Crippen molar-refractivity contribution in [3.8, 4) is 0 Å². The van der Waals surface area contributed by atoms with Gasteiger partial charge in [-0.2, -0.15) is 4.99 Å². The van der Waals surface area contributed by atoms with Gasteiger partial charge in [-0.3, -0.25) is 4.57 Å². The van der Waals surface area contributed by atoms with Crippen LogP contribution in [0.15, 0.2) is 33.0 Å². The number of ether oxygens (including phenoxy) is 2. The van der Waals surface area contributed by atoms with E-state index in [-0.39, 0.29) is 5.69 Å². The number of benzene rings is 1. The van der Waals surface area contributed by atoms with Gasteiger partial charge in [-0.15, -0.1) is 10.2 Å². The van der Waals surface area contributed by atoms with E-state index in [2.05, 4.69) is 67.5 Å². The standard InChI is InChI=1S/C26H31BrN6O3S2Si/c1-6-36-24(34)20-21(27)38-25(28-20)32-12-11-17-16(2)22(30-31-23(17)32)29-26-33(15-35-13-14-39(3,4)5)18-9-7-8-10-19(18)37-26/h7-10H,6,11-15H2,1-5H3. The second kappa shape index (κ2) is 11.6. The van der Waals surface area contributed by atoms with Gasteiger partial charge in [0.25, 0.3) is 0 Å². The Kier molecular flexibility index (Phi) is 8.34. The summed E-state index contributed by atoms with van der Waals surface area (Å²) in [6.07, 6.45) is 0.789. The van der Waals surface area contributed by atoms with Crippen molar-refractivity contribution in [1.82, 2.24) is 19.7 Å². The molecule has 206 valence electrons. The van der Waals surface area contributed by atoms with Gasteiger partial charge >= 0.3 is 5.97 Å². The number of carbonyl (C=O) groups excluding carboxylic acids is 1. The Morgan fingerprint density at radius 3 is 2.77 bits per heavy atom. The fourth-order valence-corrected chi connectivity index (χ4v) is 7.53. The molecule has 0 N–H and O–H groups in total. The number of halogens is 1. The molecule has 1 aliphatic rings. The maximum atomic E-state index is 12.3. The normalized spacial score (nSPS) is 13.9. The second-order valence-corrected chi connectivity index (χ2v) is 19.4. The molecule has 3 aromatic heterocycles. The highest BCUT2D eigenvalue weighted by Gasteiger charge is 2.30. The highest BCUT2D eigenvalue weighted by Crippen LogP contribution is 2.40. The minimum absolute atomic E-state index is 0.281. The number of para-hydroxylation sites is 1. The number of aromatic nitrogens is 4. The van der Waals surface area contributed by atoms with Gasteiger partial charge < -0.3 is 14.4 Å². The topological polar surface area (TPSA) is 94.7 Å². The molecule has 0 saturated heterocycles. The average Bonchev–Trinajstić information content (AvgIpc) is 3.58. The molecule has 0 aliphatic carbocycles. The third-order valence-electron chi connectivity index (χ3n) is 6.42. The summed E-state index contributed by atoms with van der Waals surface area (Å²) in [5.41, 5.74) is 3.46.